The van der Waals surface area contributed by atoms with Gasteiger partial charge in [-0.05, 0) is 37.6 Å². The van der Waals surface area contributed by atoms with E-state index in [0.717, 1.165) is 5.56 Å². The summed E-state index contributed by atoms with van der Waals surface area (Å²) in [5.41, 5.74) is 1.67. The van der Waals surface area contributed by atoms with E-state index in [1.807, 2.05) is 31.2 Å². The Morgan fingerprint density at radius 2 is 2.03 bits per heavy atom. The highest BCUT2D eigenvalue weighted by Crippen LogP contribution is 2.27. The predicted octanol–water partition coefficient (Wildman–Crippen LogP) is 4.71. The number of thioether (sulfide) groups is 1. The number of benzene rings is 2. The number of carbonyl (C=O) groups is 1. The van der Waals surface area contributed by atoms with Gasteiger partial charge in [0.15, 0.2) is 5.16 Å². The fourth-order valence-electron chi connectivity index (χ4n) is 2.71. The Labute approximate surface area is 176 Å². The second kappa shape index (κ2) is 9.06. The van der Waals surface area contributed by atoms with E-state index in [2.05, 4.69) is 15.5 Å². The van der Waals surface area contributed by atoms with Crippen molar-refractivity contribution in [3.8, 4) is 0 Å². The van der Waals surface area contributed by atoms with Crippen molar-refractivity contribution in [1.82, 2.24) is 14.8 Å². The molecular weight excluding hydrogens is 414 g/mol. The molecule has 0 bridgehead atoms. The topological polar surface area (TPSA) is 103 Å². The third-order valence-corrected chi connectivity index (χ3v) is 5.61. The maximum Gasteiger partial charge on any atom is 0.272 e. The number of aromatic nitrogens is 3. The highest BCUT2D eigenvalue weighted by atomic mass is 35.5. The summed E-state index contributed by atoms with van der Waals surface area (Å²) in [5, 5.41) is 23.2. The Morgan fingerprint density at radius 1 is 1.28 bits per heavy atom. The first-order valence-electron chi connectivity index (χ1n) is 8.76. The summed E-state index contributed by atoms with van der Waals surface area (Å²) in [6.45, 7) is 4.08. The molecule has 1 heterocycles. The molecule has 0 atom stereocenters. The van der Waals surface area contributed by atoms with Gasteiger partial charge in [0.2, 0.25) is 5.95 Å². The Morgan fingerprint density at radius 3 is 2.69 bits per heavy atom. The van der Waals surface area contributed by atoms with Crippen LogP contribution in [0.25, 0.3) is 0 Å². The van der Waals surface area contributed by atoms with Crippen molar-refractivity contribution in [3.63, 3.8) is 0 Å². The van der Waals surface area contributed by atoms with Gasteiger partial charge in [0, 0.05) is 34.5 Å². The second-order valence-electron chi connectivity index (χ2n) is 6.14. The Kier molecular flexibility index (Phi) is 6.50. The van der Waals surface area contributed by atoms with E-state index in [-0.39, 0.29) is 5.69 Å². The van der Waals surface area contributed by atoms with Crippen LogP contribution >= 0.6 is 23.4 Å². The number of nitrogens with one attached hydrogen (secondary N) is 1. The first-order chi connectivity index (χ1) is 13.9. The number of nitro benzene ring substituents is 1. The van der Waals surface area contributed by atoms with Gasteiger partial charge in [0.1, 0.15) is 0 Å². The molecule has 1 aromatic heterocycles. The summed E-state index contributed by atoms with van der Waals surface area (Å²) in [6, 6.07) is 11.8. The van der Waals surface area contributed by atoms with Crippen molar-refractivity contribution >= 4 is 40.9 Å². The number of aryl methyl sites for hydroxylation is 1. The van der Waals surface area contributed by atoms with Gasteiger partial charge in [-0.3, -0.25) is 24.8 Å². The monoisotopic (exact) mass is 431 g/mol. The predicted molar refractivity (Wildman–Crippen MR) is 112 cm³/mol. The molecule has 0 aliphatic heterocycles. The van der Waals surface area contributed by atoms with Gasteiger partial charge in [0.05, 0.1) is 4.92 Å². The van der Waals surface area contributed by atoms with Crippen molar-refractivity contribution < 1.29 is 9.72 Å². The largest absolute Gasteiger partial charge is 0.290 e. The van der Waals surface area contributed by atoms with Gasteiger partial charge in [-0.15, -0.1) is 10.2 Å². The van der Waals surface area contributed by atoms with Crippen molar-refractivity contribution in [1.29, 1.82) is 0 Å². The standard InChI is InChI=1S/C19H18ClN5O3S/c1-3-24-18(21-17(26)13-8-9-16(25(27)28)12(2)10-13)22-23-19(24)29-11-14-6-4-5-7-15(14)20/h4-10H,3,11H2,1-2H3,(H,21,22,26). The van der Waals surface area contributed by atoms with Crippen LogP contribution in [0.2, 0.25) is 5.02 Å². The molecule has 2 aromatic carbocycles. The normalized spacial score (nSPS) is 10.7. The lowest BCUT2D eigenvalue weighted by molar-refractivity contribution is -0.385. The van der Waals surface area contributed by atoms with Crippen LogP contribution < -0.4 is 5.32 Å². The summed E-state index contributed by atoms with van der Waals surface area (Å²) in [5.74, 6) is 0.524. The molecule has 29 heavy (non-hydrogen) atoms. The molecule has 0 aliphatic rings. The number of hydrogen-bond donors (Lipinski definition) is 1. The van der Waals surface area contributed by atoms with Crippen molar-refractivity contribution in [2.24, 2.45) is 0 Å². The molecule has 0 unspecified atom stereocenters. The molecule has 0 saturated heterocycles. The van der Waals surface area contributed by atoms with Gasteiger partial charge in [-0.2, -0.15) is 0 Å². The lowest BCUT2D eigenvalue weighted by atomic mass is 10.1. The Balaban J connectivity index is 1.74. The molecule has 150 valence electrons. The highest BCUT2D eigenvalue weighted by molar-refractivity contribution is 7.98. The fourth-order valence-corrected chi connectivity index (χ4v) is 3.99. The molecule has 0 saturated carbocycles. The zero-order valence-corrected chi connectivity index (χ0v) is 17.3. The zero-order valence-electron chi connectivity index (χ0n) is 15.8. The van der Waals surface area contributed by atoms with Gasteiger partial charge >= 0.3 is 0 Å². The molecule has 1 amide bonds. The number of hydrogen-bond acceptors (Lipinski definition) is 6. The molecule has 0 fully saturated rings. The number of amides is 1. The summed E-state index contributed by atoms with van der Waals surface area (Å²) in [7, 11) is 0. The van der Waals surface area contributed by atoms with Crippen LogP contribution in [0, 0.1) is 17.0 Å². The molecule has 10 heteroatoms. The first kappa shape index (κ1) is 20.8. The van der Waals surface area contributed by atoms with E-state index >= 15 is 0 Å². The number of carbonyl (C=O) groups excluding carboxylic acids is 1. The van der Waals surface area contributed by atoms with E-state index in [1.165, 1.54) is 30.0 Å². The zero-order chi connectivity index (χ0) is 21.0. The molecular formula is C19H18ClN5O3S. The number of anilines is 1. The van der Waals surface area contributed by atoms with Crippen LogP contribution in [-0.2, 0) is 12.3 Å². The van der Waals surface area contributed by atoms with Crippen molar-refractivity contribution in [2.75, 3.05) is 5.32 Å². The minimum atomic E-state index is -0.479. The first-order valence-corrected chi connectivity index (χ1v) is 10.1. The van der Waals surface area contributed by atoms with E-state index in [4.69, 9.17) is 11.6 Å². The molecule has 1 N–H and O–H groups in total. The van der Waals surface area contributed by atoms with Crippen LogP contribution in [0.5, 0.6) is 0 Å². The SMILES string of the molecule is CCn1c(NC(=O)c2ccc([N+](=O)[O-])c(C)c2)nnc1SCc1ccccc1Cl. The van der Waals surface area contributed by atoms with Crippen LogP contribution in [0.1, 0.15) is 28.4 Å². The van der Waals surface area contributed by atoms with E-state index < -0.39 is 10.8 Å². The van der Waals surface area contributed by atoms with Gasteiger partial charge in [0.25, 0.3) is 11.6 Å². The molecule has 8 nitrogen and oxygen atoms in total. The molecule has 0 aliphatic carbocycles. The number of nitrogens with zero attached hydrogens (tertiary/aromatic N) is 4. The number of rotatable bonds is 7. The fraction of sp³-hybridized carbons (Fsp3) is 0.211. The smallest absolute Gasteiger partial charge is 0.272 e. The van der Waals surface area contributed by atoms with E-state index in [9.17, 15) is 14.9 Å². The van der Waals surface area contributed by atoms with Crippen LogP contribution in [0.3, 0.4) is 0 Å². The summed E-state index contributed by atoms with van der Waals surface area (Å²) >= 11 is 7.66. The minimum Gasteiger partial charge on any atom is -0.290 e. The Hall–Kier alpha value is -2.91. The van der Waals surface area contributed by atoms with Crippen LogP contribution in [0.15, 0.2) is 47.6 Å². The quantitative estimate of drug-likeness (QED) is 0.330. The minimum absolute atomic E-state index is 0.0310. The van der Waals surface area contributed by atoms with Crippen LogP contribution in [0.4, 0.5) is 11.6 Å². The lowest BCUT2D eigenvalue weighted by Crippen LogP contribution is -2.16. The van der Waals surface area contributed by atoms with E-state index in [0.29, 0.717) is 39.6 Å². The van der Waals surface area contributed by atoms with E-state index in [1.54, 1.807) is 11.5 Å². The summed E-state index contributed by atoms with van der Waals surface area (Å²) in [4.78, 5) is 23.0. The van der Waals surface area contributed by atoms with Crippen molar-refractivity contribution in [3.05, 3.63) is 74.3 Å². The summed E-state index contributed by atoms with van der Waals surface area (Å²) in [6.07, 6.45) is 0. The molecule has 3 rings (SSSR count). The molecule has 0 spiro atoms. The molecule has 0 radical (unpaired) electrons. The van der Waals surface area contributed by atoms with Crippen LogP contribution in [-0.4, -0.2) is 25.6 Å². The highest BCUT2D eigenvalue weighted by Gasteiger charge is 2.18. The third-order valence-electron chi connectivity index (χ3n) is 4.23. The number of nitro groups is 1. The maximum atomic E-state index is 12.6. The lowest BCUT2D eigenvalue weighted by Gasteiger charge is -2.09. The maximum absolute atomic E-state index is 12.6. The second-order valence-corrected chi connectivity index (χ2v) is 7.49. The number of halogens is 1. The molecule has 3 aromatic rings. The third kappa shape index (κ3) is 4.75. The Bertz CT molecular complexity index is 1070. The summed E-state index contributed by atoms with van der Waals surface area (Å²) < 4.78 is 1.79. The van der Waals surface area contributed by atoms with Gasteiger partial charge in [-0.1, -0.05) is 41.6 Å². The van der Waals surface area contributed by atoms with Gasteiger partial charge in [-0.25, -0.2) is 0 Å². The average Bonchev–Trinajstić information content (AvgIpc) is 3.08. The van der Waals surface area contributed by atoms with Crippen molar-refractivity contribution in [2.45, 2.75) is 31.3 Å². The average molecular weight is 432 g/mol. The van der Waals surface area contributed by atoms with Gasteiger partial charge < -0.3 is 0 Å².